The number of nitrogens with two attached hydrogens (primary N) is 1. The summed E-state index contributed by atoms with van der Waals surface area (Å²) in [6, 6.07) is 0.796. The van der Waals surface area contributed by atoms with E-state index in [1.54, 1.807) is 0 Å². The second kappa shape index (κ2) is 5.50. The molecule has 0 aliphatic heterocycles. The van der Waals surface area contributed by atoms with Crippen LogP contribution in [0.2, 0.25) is 0 Å². The summed E-state index contributed by atoms with van der Waals surface area (Å²) < 4.78 is 0. The third-order valence-corrected chi connectivity index (χ3v) is 5.90. The van der Waals surface area contributed by atoms with Crippen LogP contribution in [-0.4, -0.2) is 29.6 Å². The second-order valence-corrected chi connectivity index (χ2v) is 7.05. The Balaban J connectivity index is 2.22. The zero-order valence-corrected chi connectivity index (χ0v) is 12.7. The largest absolute Gasteiger partial charge is 0.329 e. The zero-order valence-electron chi connectivity index (χ0n) is 12.7. The van der Waals surface area contributed by atoms with Gasteiger partial charge in [-0.3, -0.25) is 4.90 Å². The molecule has 0 aromatic rings. The molecule has 2 nitrogen and oxygen atoms in total. The summed E-state index contributed by atoms with van der Waals surface area (Å²) in [5, 5.41) is 0. The Morgan fingerprint density at radius 2 is 1.72 bits per heavy atom. The molecule has 0 bridgehead atoms. The fraction of sp³-hybridized carbons (Fsp3) is 1.00. The van der Waals surface area contributed by atoms with Gasteiger partial charge in [-0.25, -0.2) is 0 Å². The fourth-order valence-corrected chi connectivity index (χ4v) is 4.72. The van der Waals surface area contributed by atoms with Crippen LogP contribution in [0.3, 0.4) is 0 Å². The average Bonchev–Trinajstić information content (AvgIpc) is 2.68. The highest BCUT2D eigenvalue weighted by Gasteiger charge is 2.52. The van der Waals surface area contributed by atoms with Gasteiger partial charge in [0.05, 0.1) is 0 Å². The summed E-state index contributed by atoms with van der Waals surface area (Å²) >= 11 is 0. The molecule has 0 heterocycles. The summed E-state index contributed by atoms with van der Waals surface area (Å²) in [4.78, 5) is 2.80. The predicted octanol–water partition coefficient (Wildman–Crippen LogP) is 3.55. The molecule has 2 saturated carbocycles. The van der Waals surface area contributed by atoms with Crippen molar-refractivity contribution in [2.24, 2.45) is 11.1 Å². The van der Waals surface area contributed by atoms with Crippen molar-refractivity contribution in [1.82, 2.24) is 4.90 Å². The van der Waals surface area contributed by atoms with Crippen molar-refractivity contribution in [1.29, 1.82) is 0 Å². The van der Waals surface area contributed by atoms with E-state index in [0.717, 1.165) is 12.6 Å². The highest BCUT2D eigenvalue weighted by atomic mass is 15.2. The topological polar surface area (TPSA) is 29.3 Å². The summed E-state index contributed by atoms with van der Waals surface area (Å²) in [7, 11) is 0. The maximum absolute atomic E-state index is 6.29. The molecule has 2 aliphatic rings. The van der Waals surface area contributed by atoms with Crippen LogP contribution in [0, 0.1) is 5.41 Å². The van der Waals surface area contributed by atoms with E-state index in [1.165, 1.54) is 57.9 Å². The van der Waals surface area contributed by atoms with E-state index in [2.05, 4.69) is 25.7 Å². The number of hydrogen-bond donors (Lipinski definition) is 1. The minimum absolute atomic E-state index is 0.268. The Kier molecular flexibility index (Phi) is 4.38. The maximum atomic E-state index is 6.29. The lowest BCUT2D eigenvalue weighted by atomic mass is 9.72. The monoisotopic (exact) mass is 252 g/mol. The van der Waals surface area contributed by atoms with Crippen LogP contribution in [0.1, 0.15) is 72.1 Å². The van der Waals surface area contributed by atoms with Gasteiger partial charge >= 0.3 is 0 Å². The first kappa shape index (κ1) is 14.3. The minimum atomic E-state index is 0.268. The molecule has 1 unspecified atom stereocenters. The first-order valence-corrected chi connectivity index (χ1v) is 8.04. The van der Waals surface area contributed by atoms with Crippen LogP contribution in [0.15, 0.2) is 0 Å². The van der Waals surface area contributed by atoms with Gasteiger partial charge in [0.1, 0.15) is 0 Å². The van der Waals surface area contributed by atoms with Crippen molar-refractivity contribution >= 4 is 0 Å². The maximum Gasteiger partial charge on any atom is 0.0385 e. The standard InChI is InChI=1S/C16H32N2/c1-4-18(14-9-6-5-7-10-14)16(13-17)12-8-11-15(16,2)3/h14H,4-13,17H2,1-3H3. The van der Waals surface area contributed by atoms with Crippen molar-refractivity contribution in [2.45, 2.75) is 83.7 Å². The number of hydrogen-bond acceptors (Lipinski definition) is 2. The van der Waals surface area contributed by atoms with Crippen LogP contribution in [0.5, 0.6) is 0 Å². The molecule has 2 aliphatic carbocycles. The first-order chi connectivity index (χ1) is 8.57. The highest BCUT2D eigenvalue weighted by molar-refractivity contribution is 5.08. The van der Waals surface area contributed by atoms with Gasteiger partial charge in [-0.05, 0) is 37.6 Å². The number of nitrogens with zero attached hydrogens (tertiary/aromatic N) is 1. The summed E-state index contributed by atoms with van der Waals surface area (Å²) in [6.07, 6.45) is 11.1. The van der Waals surface area contributed by atoms with Crippen molar-refractivity contribution in [3.63, 3.8) is 0 Å². The van der Waals surface area contributed by atoms with Crippen LogP contribution < -0.4 is 5.73 Å². The third-order valence-electron chi connectivity index (χ3n) is 5.90. The van der Waals surface area contributed by atoms with Crippen molar-refractivity contribution in [3.05, 3.63) is 0 Å². The van der Waals surface area contributed by atoms with Gasteiger partial charge in [-0.2, -0.15) is 0 Å². The third kappa shape index (κ3) is 2.22. The molecule has 0 amide bonds. The fourth-order valence-electron chi connectivity index (χ4n) is 4.72. The molecule has 0 radical (unpaired) electrons. The molecule has 2 heteroatoms. The van der Waals surface area contributed by atoms with E-state index < -0.39 is 0 Å². The van der Waals surface area contributed by atoms with E-state index in [-0.39, 0.29) is 5.54 Å². The molecule has 0 aromatic carbocycles. The van der Waals surface area contributed by atoms with Gasteiger partial charge in [0.25, 0.3) is 0 Å². The average molecular weight is 252 g/mol. The Morgan fingerprint density at radius 3 is 2.17 bits per heavy atom. The lowest BCUT2D eigenvalue weighted by Crippen LogP contribution is -2.63. The minimum Gasteiger partial charge on any atom is -0.329 e. The smallest absolute Gasteiger partial charge is 0.0385 e. The number of rotatable bonds is 4. The van der Waals surface area contributed by atoms with E-state index in [9.17, 15) is 0 Å². The molecule has 1 atom stereocenters. The Labute approximate surface area is 113 Å². The molecule has 0 spiro atoms. The first-order valence-electron chi connectivity index (χ1n) is 8.04. The predicted molar refractivity (Wildman–Crippen MR) is 78.7 cm³/mol. The molecule has 2 N–H and O–H groups in total. The van der Waals surface area contributed by atoms with Crippen molar-refractivity contribution in [3.8, 4) is 0 Å². The molecular weight excluding hydrogens is 220 g/mol. The molecule has 106 valence electrons. The van der Waals surface area contributed by atoms with Crippen molar-refractivity contribution < 1.29 is 0 Å². The summed E-state index contributed by atoms with van der Waals surface area (Å²) in [6.45, 7) is 9.23. The van der Waals surface area contributed by atoms with Gasteiger partial charge in [0.2, 0.25) is 0 Å². The van der Waals surface area contributed by atoms with E-state index in [1.807, 2.05) is 0 Å². The summed E-state index contributed by atoms with van der Waals surface area (Å²) in [5.74, 6) is 0. The Hall–Kier alpha value is -0.0800. The van der Waals surface area contributed by atoms with Gasteiger partial charge < -0.3 is 5.73 Å². The van der Waals surface area contributed by atoms with Gasteiger partial charge in [-0.1, -0.05) is 46.5 Å². The van der Waals surface area contributed by atoms with E-state index >= 15 is 0 Å². The quantitative estimate of drug-likeness (QED) is 0.829. The zero-order chi connectivity index (χ0) is 13.2. The molecule has 18 heavy (non-hydrogen) atoms. The van der Waals surface area contributed by atoms with Crippen LogP contribution in [0.25, 0.3) is 0 Å². The number of likely N-dealkylation sites (N-methyl/N-ethyl adjacent to an activating group) is 1. The van der Waals surface area contributed by atoms with E-state index in [4.69, 9.17) is 5.73 Å². The van der Waals surface area contributed by atoms with Crippen LogP contribution >= 0.6 is 0 Å². The lowest BCUT2D eigenvalue weighted by Gasteiger charge is -2.53. The molecule has 0 aromatic heterocycles. The molecule has 0 saturated heterocycles. The normalized spacial score (nSPS) is 33.2. The SMILES string of the molecule is CCN(C1CCCCC1)C1(CN)CCCC1(C)C. The Bertz CT molecular complexity index is 268. The molecular formula is C16H32N2. The van der Waals surface area contributed by atoms with Crippen molar-refractivity contribution in [2.75, 3.05) is 13.1 Å². The summed E-state index contributed by atoms with van der Waals surface area (Å²) in [5.41, 5.74) is 6.94. The van der Waals surface area contributed by atoms with Gasteiger partial charge in [-0.15, -0.1) is 0 Å². The van der Waals surface area contributed by atoms with Gasteiger partial charge in [0.15, 0.2) is 0 Å². The van der Waals surface area contributed by atoms with Crippen LogP contribution in [0.4, 0.5) is 0 Å². The lowest BCUT2D eigenvalue weighted by molar-refractivity contribution is -0.0261. The molecule has 2 fully saturated rings. The van der Waals surface area contributed by atoms with Crippen LogP contribution in [-0.2, 0) is 0 Å². The Morgan fingerprint density at radius 1 is 1.06 bits per heavy atom. The van der Waals surface area contributed by atoms with E-state index in [0.29, 0.717) is 5.41 Å². The van der Waals surface area contributed by atoms with Gasteiger partial charge in [0, 0.05) is 18.1 Å². The highest BCUT2D eigenvalue weighted by Crippen LogP contribution is 2.50. The molecule has 2 rings (SSSR count). The second-order valence-electron chi connectivity index (χ2n) is 7.05.